The van der Waals surface area contributed by atoms with Crippen molar-refractivity contribution in [1.29, 1.82) is 0 Å². The van der Waals surface area contributed by atoms with Gasteiger partial charge in [-0.2, -0.15) is 0 Å². The molecular formula is C14H22N2O4. The quantitative estimate of drug-likeness (QED) is 0.690. The Hall–Kier alpha value is -1.59. The molecule has 0 aromatic carbocycles. The summed E-state index contributed by atoms with van der Waals surface area (Å²) in [5.41, 5.74) is 0. The van der Waals surface area contributed by atoms with Gasteiger partial charge >= 0.3 is 5.97 Å². The van der Waals surface area contributed by atoms with E-state index in [0.29, 0.717) is 12.8 Å². The van der Waals surface area contributed by atoms with E-state index in [9.17, 15) is 14.4 Å². The molecule has 2 unspecified atom stereocenters. The van der Waals surface area contributed by atoms with Crippen molar-refractivity contribution in [2.24, 2.45) is 11.8 Å². The Balaban J connectivity index is 1.67. The molecule has 2 fully saturated rings. The second kappa shape index (κ2) is 6.72. The second-order valence-electron chi connectivity index (χ2n) is 5.75. The number of carbonyl (C=O) groups excluding carboxylic acids is 2. The van der Waals surface area contributed by atoms with Gasteiger partial charge in [-0.15, -0.1) is 0 Å². The van der Waals surface area contributed by atoms with Crippen molar-refractivity contribution in [3.8, 4) is 0 Å². The van der Waals surface area contributed by atoms with E-state index in [2.05, 4.69) is 10.6 Å². The van der Waals surface area contributed by atoms with Crippen LogP contribution in [0, 0.1) is 11.8 Å². The summed E-state index contributed by atoms with van der Waals surface area (Å²) >= 11 is 0. The number of carbonyl (C=O) groups is 3. The minimum absolute atomic E-state index is 0.0574. The van der Waals surface area contributed by atoms with Gasteiger partial charge in [0.25, 0.3) is 0 Å². The van der Waals surface area contributed by atoms with E-state index in [1.54, 1.807) is 0 Å². The number of rotatable bonds is 5. The molecule has 2 atom stereocenters. The third-order valence-electron chi connectivity index (χ3n) is 4.32. The van der Waals surface area contributed by atoms with E-state index >= 15 is 0 Å². The van der Waals surface area contributed by atoms with Gasteiger partial charge in [-0.05, 0) is 25.7 Å². The van der Waals surface area contributed by atoms with Crippen LogP contribution in [-0.2, 0) is 14.4 Å². The molecule has 6 nitrogen and oxygen atoms in total. The molecule has 3 N–H and O–H groups in total. The Morgan fingerprint density at radius 3 is 2.15 bits per heavy atom. The van der Waals surface area contributed by atoms with Gasteiger partial charge in [-0.1, -0.05) is 19.3 Å². The van der Waals surface area contributed by atoms with Gasteiger partial charge in [0.1, 0.15) is 0 Å². The summed E-state index contributed by atoms with van der Waals surface area (Å²) in [6.07, 6.45) is 6.64. The first-order chi connectivity index (χ1) is 9.58. The fourth-order valence-electron chi connectivity index (χ4n) is 2.93. The highest BCUT2D eigenvalue weighted by atomic mass is 16.4. The average Bonchev–Trinajstić information content (AvgIpc) is 2.35. The van der Waals surface area contributed by atoms with Crippen molar-refractivity contribution in [1.82, 2.24) is 10.6 Å². The minimum Gasteiger partial charge on any atom is -0.481 e. The smallest absolute Gasteiger partial charge is 0.307 e. The highest BCUT2D eigenvalue weighted by Crippen LogP contribution is 2.34. The van der Waals surface area contributed by atoms with E-state index in [1.807, 2.05) is 0 Å². The molecule has 112 valence electrons. The van der Waals surface area contributed by atoms with Gasteiger partial charge < -0.3 is 15.7 Å². The van der Waals surface area contributed by atoms with Crippen LogP contribution in [0.2, 0.25) is 0 Å². The Labute approximate surface area is 118 Å². The monoisotopic (exact) mass is 282 g/mol. The number of carboxylic acid groups (broad SMARTS) is 1. The largest absolute Gasteiger partial charge is 0.481 e. The third-order valence-corrected chi connectivity index (χ3v) is 4.32. The molecule has 0 aromatic rings. The zero-order valence-corrected chi connectivity index (χ0v) is 11.6. The normalized spacial score (nSPS) is 26.4. The number of hydrogen-bond acceptors (Lipinski definition) is 3. The summed E-state index contributed by atoms with van der Waals surface area (Å²) in [5, 5.41) is 14.3. The molecule has 0 spiro atoms. The highest BCUT2D eigenvalue weighted by Gasteiger charge is 2.41. The van der Waals surface area contributed by atoms with Crippen LogP contribution in [0.1, 0.15) is 44.9 Å². The van der Waals surface area contributed by atoms with Crippen LogP contribution in [0.15, 0.2) is 0 Å². The molecule has 2 amide bonds. The van der Waals surface area contributed by atoms with Crippen molar-refractivity contribution in [3.05, 3.63) is 0 Å². The van der Waals surface area contributed by atoms with Crippen LogP contribution < -0.4 is 10.6 Å². The van der Waals surface area contributed by atoms with Crippen molar-refractivity contribution in [2.45, 2.75) is 51.0 Å². The summed E-state index contributed by atoms with van der Waals surface area (Å²) in [5.74, 6) is -2.49. The van der Waals surface area contributed by atoms with Crippen LogP contribution in [0.4, 0.5) is 0 Å². The van der Waals surface area contributed by atoms with Crippen molar-refractivity contribution in [3.63, 3.8) is 0 Å². The van der Waals surface area contributed by atoms with Crippen molar-refractivity contribution >= 4 is 17.8 Å². The summed E-state index contributed by atoms with van der Waals surface area (Å²) in [6, 6.07) is 0.226. The van der Waals surface area contributed by atoms with Gasteiger partial charge in [0, 0.05) is 6.04 Å². The van der Waals surface area contributed by atoms with Gasteiger partial charge in [0.2, 0.25) is 11.8 Å². The van der Waals surface area contributed by atoms with Crippen LogP contribution >= 0.6 is 0 Å². The molecule has 0 heterocycles. The first-order valence-corrected chi connectivity index (χ1v) is 7.38. The molecule has 0 saturated heterocycles. The lowest BCUT2D eigenvalue weighted by atomic mass is 9.73. The molecule has 0 aromatic heterocycles. The molecule has 0 aliphatic heterocycles. The maximum absolute atomic E-state index is 11.8. The van der Waals surface area contributed by atoms with Crippen LogP contribution in [0.5, 0.6) is 0 Å². The molecule has 2 aliphatic carbocycles. The van der Waals surface area contributed by atoms with Crippen LogP contribution in [0.25, 0.3) is 0 Å². The molecule has 0 radical (unpaired) electrons. The lowest BCUT2D eigenvalue weighted by Gasteiger charge is -2.31. The van der Waals surface area contributed by atoms with E-state index < -0.39 is 17.8 Å². The molecule has 0 bridgehead atoms. The Morgan fingerprint density at radius 1 is 0.950 bits per heavy atom. The second-order valence-corrected chi connectivity index (χ2v) is 5.75. The van der Waals surface area contributed by atoms with Gasteiger partial charge in [-0.25, -0.2) is 0 Å². The fraction of sp³-hybridized carbons (Fsp3) is 0.786. The number of carboxylic acids is 1. The lowest BCUT2D eigenvalue weighted by molar-refractivity contribution is -0.152. The van der Waals surface area contributed by atoms with Crippen LogP contribution in [-0.4, -0.2) is 35.5 Å². The zero-order valence-electron chi connectivity index (χ0n) is 11.6. The summed E-state index contributed by atoms with van der Waals surface area (Å²) < 4.78 is 0. The standard InChI is InChI=1S/C14H22N2O4/c17-12(16-9-4-2-1-3-5-9)8-15-13(18)10-6-7-11(10)14(19)20/h9-11H,1-8H2,(H,15,18)(H,16,17)(H,19,20). The molecule has 20 heavy (non-hydrogen) atoms. The van der Waals surface area contributed by atoms with E-state index in [0.717, 1.165) is 25.7 Å². The summed E-state index contributed by atoms with van der Waals surface area (Å²) in [4.78, 5) is 34.3. The predicted octanol–water partition coefficient (Wildman–Crippen LogP) is 0.662. The fourth-order valence-corrected chi connectivity index (χ4v) is 2.93. The maximum Gasteiger partial charge on any atom is 0.307 e. The predicted molar refractivity (Wildman–Crippen MR) is 71.9 cm³/mol. The number of amides is 2. The van der Waals surface area contributed by atoms with E-state index in [1.165, 1.54) is 6.42 Å². The highest BCUT2D eigenvalue weighted by molar-refractivity contribution is 5.89. The maximum atomic E-state index is 11.8. The Morgan fingerprint density at radius 2 is 1.60 bits per heavy atom. The zero-order chi connectivity index (χ0) is 14.5. The van der Waals surface area contributed by atoms with Crippen LogP contribution in [0.3, 0.4) is 0 Å². The number of hydrogen-bond donors (Lipinski definition) is 3. The molecule has 2 aliphatic rings. The van der Waals surface area contributed by atoms with Crippen molar-refractivity contribution in [2.75, 3.05) is 6.54 Å². The summed E-state index contributed by atoms with van der Waals surface area (Å²) in [6.45, 7) is -0.0574. The molecule has 6 heteroatoms. The molecule has 2 saturated carbocycles. The number of nitrogens with one attached hydrogen (secondary N) is 2. The van der Waals surface area contributed by atoms with Gasteiger partial charge in [0.15, 0.2) is 0 Å². The van der Waals surface area contributed by atoms with Crippen molar-refractivity contribution < 1.29 is 19.5 Å². The van der Waals surface area contributed by atoms with E-state index in [4.69, 9.17) is 5.11 Å². The van der Waals surface area contributed by atoms with E-state index in [-0.39, 0.29) is 24.4 Å². The molecular weight excluding hydrogens is 260 g/mol. The average molecular weight is 282 g/mol. The Bertz CT molecular complexity index is 391. The minimum atomic E-state index is -0.928. The lowest BCUT2D eigenvalue weighted by Crippen LogP contribution is -2.48. The number of aliphatic carboxylic acids is 1. The third kappa shape index (κ3) is 3.71. The SMILES string of the molecule is O=C(CNC(=O)C1CCC1C(=O)O)NC1CCCCC1. The van der Waals surface area contributed by atoms with Gasteiger partial charge in [-0.3, -0.25) is 14.4 Å². The molecule has 2 rings (SSSR count). The van der Waals surface area contributed by atoms with Gasteiger partial charge in [0.05, 0.1) is 18.4 Å². The topological polar surface area (TPSA) is 95.5 Å². The first-order valence-electron chi connectivity index (χ1n) is 7.38. The Kier molecular flexibility index (Phi) is 4.98. The summed E-state index contributed by atoms with van der Waals surface area (Å²) in [7, 11) is 0. The first kappa shape index (κ1) is 14.8.